The van der Waals surface area contributed by atoms with Crippen molar-refractivity contribution in [3.63, 3.8) is 0 Å². The lowest BCUT2D eigenvalue weighted by atomic mass is 9.91. The van der Waals surface area contributed by atoms with Crippen LogP contribution in [0.3, 0.4) is 0 Å². The minimum absolute atomic E-state index is 0.00875. The highest BCUT2D eigenvalue weighted by Crippen LogP contribution is 2.25. The molecule has 0 heterocycles. The lowest BCUT2D eigenvalue weighted by Gasteiger charge is -2.19. The van der Waals surface area contributed by atoms with E-state index in [0.29, 0.717) is 26.2 Å². The van der Waals surface area contributed by atoms with Crippen LogP contribution in [0.15, 0.2) is 54.6 Å². The highest BCUT2D eigenvalue weighted by Gasteiger charge is 2.21. The molecule has 1 atom stereocenters. The molecule has 2 rings (SSSR count). The van der Waals surface area contributed by atoms with Gasteiger partial charge in [0.2, 0.25) is 5.91 Å². The number of ether oxygens (including phenoxy) is 2. The van der Waals surface area contributed by atoms with Gasteiger partial charge in [0.1, 0.15) is 5.75 Å². The number of hydrogen-bond acceptors (Lipinski definition) is 4. The monoisotopic (exact) mass is 398 g/mol. The maximum absolute atomic E-state index is 13.0. The molecule has 0 spiro atoms. The van der Waals surface area contributed by atoms with Gasteiger partial charge in [-0.05, 0) is 42.8 Å². The number of carbonyl (C=O) groups excluding carboxylic acids is 1. The highest BCUT2D eigenvalue weighted by atomic mass is 16.5. The van der Waals surface area contributed by atoms with Crippen molar-refractivity contribution in [3.8, 4) is 5.75 Å². The SMILES string of the molecule is CCN(CC)CCOCCNC(=O)C(Cc1ccccc1)c1cccc(OC)c1. The first-order chi connectivity index (χ1) is 14.2. The van der Waals surface area contributed by atoms with Crippen LogP contribution in [-0.2, 0) is 16.0 Å². The molecule has 0 saturated carbocycles. The van der Waals surface area contributed by atoms with Gasteiger partial charge < -0.3 is 19.7 Å². The van der Waals surface area contributed by atoms with Crippen molar-refractivity contribution in [1.82, 2.24) is 10.2 Å². The lowest BCUT2D eigenvalue weighted by molar-refractivity contribution is -0.122. The fourth-order valence-corrected chi connectivity index (χ4v) is 3.28. The summed E-state index contributed by atoms with van der Waals surface area (Å²) in [4.78, 5) is 15.3. The topological polar surface area (TPSA) is 50.8 Å². The standard InChI is InChI=1S/C24H34N2O3/c1-4-26(5-2)15-17-29-16-14-25-24(27)23(18-20-10-7-6-8-11-20)21-12-9-13-22(19-21)28-3/h6-13,19,23H,4-5,14-18H2,1-3H3,(H,25,27). The van der Waals surface area contributed by atoms with Crippen LogP contribution in [0.2, 0.25) is 0 Å². The molecule has 1 unspecified atom stereocenters. The second-order valence-electron chi connectivity index (χ2n) is 6.95. The zero-order valence-corrected chi connectivity index (χ0v) is 17.9. The number of likely N-dealkylation sites (N-methyl/N-ethyl adjacent to an activating group) is 1. The van der Waals surface area contributed by atoms with Crippen molar-refractivity contribution in [1.29, 1.82) is 0 Å². The van der Waals surface area contributed by atoms with E-state index in [1.54, 1.807) is 7.11 Å². The van der Waals surface area contributed by atoms with Crippen molar-refractivity contribution in [3.05, 3.63) is 65.7 Å². The fraction of sp³-hybridized carbons (Fsp3) is 0.458. The first kappa shape index (κ1) is 22.9. The summed E-state index contributed by atoms with van der Waals surface area (Å²) in [5, 5.41) is 3.04. The Morgan fingerprint density at radius 3 is 2.48 bits per heavy atom. The van der Waals surface area contributed by atoms with Crippen molar-refractivity contribution >= 4 is 5.91 Å². The summed E-state index contributed by atoms with van der Waals surface area (Å²) in [5.41, 5.74) is 2.08. The first-order valence-electron chi connectivity index (χ1n) is 10.4. The van der Waals surface area contributed by atoms with E-state index in [1.807, 2.05) is 42.5 Å². The number of nitrogens with one attached hydrogen (secondary N) is 1. The van der Waals surface area contributed by atoms with Crippen LogP contribution in [0.5, 0.6) is 5.75 Å². The summed E-state index contributed by atoms with van der Waals surface area (Å²) in [6.07, 6.45) is 0.642. The van der Waals surface area contributed by atoms with Crippen molar-refractivity contribution in [2.45, 2.75) is 26.2 Å². The number of carbonyl (C=O) groups is 1. The Hall–Kier alpha value is -2.37. The molecule has 0 aromatic heterocycles. The maximum atomic E-state index is 13.0. The zero-order valence-electron chi connectivity index (χ0n) is 17.9. The molecule has 1 amide bonds. The normalized spacial score (nSPS) is 12.0. The summed E-state index contributed by atoms with van der Waals surface area (Å²) in [5.74, 6) is 0.491. The molecule has 2 aromatic carbocycles. The molecule has 0 saturated heterocycles. The quantitative estimate of drug-likeness (QED) is 0.525. The van der Waals surface area contributed by atoms with Crippen LogP contribution in [-0.4, -0.2) is 57.3 Å². The van der Waals surface area contributed by atoms with Gasteiger partial charge in [-0.25, -0.2) is 0 Å². The van der Waals surface area contributed by atoms with Gasteiger partial charge >= 0.3 is 0 Å². The number of benzene rings is 2. The van der Waals surface area contributed by atoms with Gasteiger partial charge in [-0.15, -0.1) is 0 Å². The molecular formula is C24H34N2O3. The third-order valence-corrected chi connectivity index (χ3v) is 5.09. The highest BCUT2D eigenvalue weighted by molar-refractivity contribution is 5.84. The van der Waals surface area contributed by atoms with Crippen LogP contribution >= 0.6 is 0 Å². The summed E-state index contributed by atoms with van der Waals surface area (Å²) >= 11 is 0. The number of rotatable bonds is 13. The largest absolute Gasteiger partial charge is 0.497 e. The van der Waals surface area contributed by atoms with Crippen molar-refractivity contribution in [2.24, 2.45) is 0 Å². The van der Waals surface area contributed by atoms with Gasteiger partial charge in [-0.1, -0.05) is 56.3 Å². The van der Waals surface area contributed by atoms with Crippen LogP contribution < -0.4 is 10.1 Å². The Balaban J connectivity index is 1.92. The Kier molecular flexibility index (Phi) is 10.2. The second-order valence-corrected chi connectivity index (χ2v) is 6.95. The molecule has 1 N–H and O–H groups in total. The van der Waals surface area contributed by atoms with Crippen molar-refractivity contribution in [2.75, 3.05) is 46.5 Å². The number of nitrogens with zero attached hydrogens (tertiary/aromatic N) is 1. The third-order valence-electron chi connectivity index (χ3n) is 5.09. The molecule has 5 nitrogen and oxygen atoms in total. The fourth-order valence-electron chi connectivity index (χ4n) is 3.28. The number of amides is 1. The molecule has 158 valence electrons. The molecule has 0 fully saturated rings. The van der Waals surface area contributed by atoms with E-state index < -0.39 is 0 Å². The minimum Gasteiger partial charge on any atom is -0.497 e. The van der Waals surface area contributed by atoms with E-state index in [9.17, 15) is 4.79 Å². The predicted octanol–water partition coefficient (Wildman–Crippen LogP) is 3.50. The lowest BCUT2D eigenvalue weighted by Crippen LogP contribution is -2.34. The van der Waals surface area contributed by atoms with E-state index in [4.69, 9.17) is 9.47 Å². The summed E-state index contributed by atoms with van der Waals surface area (Å²) in [6.45, 7) is 8.97. The zero-order chi connectivity index (χ0) is 20.9. The average molecular weight is 399 g/mol. The van der Waals surface area contributed by atoms with Gasteiger partial charge in [-0.3, -0.25) is 4.79 Å². The average Bonchev–Trinajstić information content (AvgIpc) is 2.77. The van der Waals surface area contributed by atoms with Gasteiger partial charge in [0.25, 0.3) is 0 Å². The van der Waals surface area contributed by atoms with Gasteiger partial charge in [0.05, 0.1) is 26.2 Å². The molecule has 0 bridgehead atoms. The van der Waals surface area contributed by atoms with E-state index in [1.165, 1.54) is 0 Å². The maximum Gasteiger partial charge on any atom is 0.227 e. The van der Waals surface area contributed by atoms with Gasteiger partial charge in [-0.2, -0.15) is 0 Å². The van der Waals surface area contributed by atoms with E-state index in [-0.39, 0.29) is 11.8 Å². The second kappa shape index (κ2) is 13.0. The summed E-state index contributed by atoms with van der Waals surface area (Å²) < 4.78 is 11.0. The van der Waals surface area contributed by atoms with Crippen LogP contribution in [0.4, 0.5) is 0 Å². The molecule has 5 heteroatoms. The van der Waals surface area contributed by atoms with Crippen LogP contribution in [0, 0.1) is 0 Å². The number of hydrogen-bond donors (Lipinski definition) is 1. The van der Waals surface area contributed by atoms with Crippen LogP contribution in [0.25, 0.3) is 0 Å². The first-order valence-corrected chi connectivity index (χ1v) is 10.4. The smallest absolute Gasteiger partial charge is 0.227 e. The summed E-state index contributed by atoms with van der Waals surface area (Å²) in [6, 6.07) is 17.8. The van der Waals surface area contributed by atoms with Gasteiger partial charge in [0, 0.05) is 13.1 Å². The molecule has 2 aromatic rings. The Morgan fingerprint density at radius 2 is 1.79 bits per heavy atom. The van der Waals surface area contributed by atoms with E-state index in [2.05, 4.69) is 36.2 Å². The van der Waals surface area contributed by atoms with E-state index in [0.717, 1.165) is 36.5 Å². The Morgan fingerprint density at radius 1 is 1.03 bits per heavy atom. The Bertz CT molecular complexity index is 717. The molecule has 0 radical (unpaired) electrons. The summed E-state index contributed by atoms with van der Waals surface area (Å²) in [7, 11) is 1.64. The molecule has 0 aliphatic carbocycles. The molecule has 29 heavy (non-hydrogen) atoms. The minimum atomic E-state index is -0.275. The molecular weight excluding hydrogens is 364 g/mol. The van der Waals surface area contributed by atoms with Crippen LogP contribution in [0.1, 0.15) is 30.9 Å². The molecule has 0 aliphatic heterocycles. The Labute approximate surface area is 175 Å². The molecule has 0 aliphatic rings. The third kappa shape index (κ3) is 7.87. The van der Waals surface area contributed by atoms with Gasteiger partial charge in [0.15, 0.2) is 0 Å². The van der Waals surface area contributed by atoms with E-state index >= 15 is 0 Å². The predicted molar refractivity (Wildman–Crippen MR) is 117 cm³/mol. The number of methoxy groups -OCH3 is 1. The van der Waals surface area contributed by atoms with Crippen molar-refractivity contribution < 1.29 is 14.3 Å².